The molecule has 2 rings (SSSR count). The van der Waals surface area contributed by atoms with Gasteiger partial charge in [-0.3, -0.25) is 14.4 Å². The normalized spacial score (nSPS) is 20.5. The SMILES string of the molecule is CCCC1=C(O)C(/C(=C\C=O)C(F)(F)F)=CCC1OCCCCNC(=O)C(C)(NC=O)C1=CCCCC1. The Morgan fingerprint density at radius 2 is 1.97 bits per heavy atom. The van der Waals surface area contributed by atoms with Gasteiger partial charge in [0.25, 0.3) is 0 Å². The highest BCUT2D eigenvalue weighted by molar-refractivity contribution is 5.91. The fourth-order valence-corrected chi connectivity index (χ4v) is 4.69. The number of amides is 2. The standard InChI is InChI=1S/C27H37F3N2O5/c1-3-9-21-23(13-12-20(24(21)35)22(14-16-33)27(28,29)30)37-17-8-7-15-31-25(36)26(2,32-18-34)19-10-5-4-6-11-19/h10,12,14,16,18,23,35H,3-9,11,13,15,17H2,1-2H3,(H,31,36)(H,32,34)/b22-14+. The number of hydrogen-bond donors (Lipinski definition) is 3. The molecule has 0 bridgehead atoms. The minimum absolute atomic E-state index is 0.0570. The Kier molecular flexibility index (Phi) is 11.6. The van der Waals surface area contributed by atoms with Gasteiger partial charge in [0.15, 0.2) is 0 Å². The van der Waals surface area contributed by atoms with Crippen molar-refractivity contribution in [2.75, 3.05) is 13.2 Å². The van der Waals surface area contributed by atoms with Crippen molar-refractivity contribution in [2.45, 2.75) is 89.5 Å². The van der Waals surface area contributed by atoms with Crippen LogP contribution in [-0.2, 0) is 19.1 Å². The number of aldehydes is 1. The van der Waals surface area contributed by atoms with Crippen LogP contribution in [0.4, 0.5) is 13.2 Å². The summed E-state index contributed by atoms with van der Waals surface area (Å²) in [6.07, 6.45) is 4.87. The second kappa shape index (κ2) is 14.2. The number of aliphatic hydroxyl groups excluding tert-OH is 1. The van der Waals surface area contributed by atoms with Gasteiger partial charge in [-0.1, -0.05) is 25.5 Å². The predicted molar refractivity (Wildman–Crippen MR) is 134 cm³/mol. The summed E-state index contributed by atoms with van der Waals surface area (Å²) < 4.78 is 46.1. The molecule has 7 nitrogen and oxygen atoms in total. The third-order valence-corrected chi connectivity index (χ3v) is 6.74. The molecule has 10 heteroatoms. The third-order valence-electron chi connectivity index (χ3n) is 6.74. The molecule has 0 radical (unpaired) electrons. The Balaban J connectivity index is 1.91. The van der Waals surface area contributed by atoms with Crippen molar-refractivity contribution in [1.82, 2.24) is 10.6 Å². The van der Waals surface area contributed by atoms with E-state index in [-0.39, 0.29) is 25.2 Å². The highest BCUT2D eigenvalue weighted by atomic mass is 19.4. The molecular weight excluding hydrogens is 489 g/mol. The summed E-state index contributed by atoms with van der Waals surface area (Å²) in [6.45, 7) is 4.20. The number of rotatable bonds is 14. The fraction of sp³-hybridized carbons (Fsp3) is 0.593. The lowest BCUT2D eigenvalue weighted by Crippen LogP contribution is -2.56. The van der Waals surface area contributed by atoms with Crippen molar-refractivity contribution >= 4 is 18.6 Å². The molecule has 0 aromatic rings. The highest BCUT2D eigenvalue weighted by Gasteiger charge is 2.39. The Hall–Kier alpha value is -2.88. The van der Waals surface area contributed by atoms with Gasteiger partial charge >= 0.3 is 6.18 Å². The molecule has 0 aliphatic heterocycles. The van der Waals surface area contributed by atoms with E-state index in [2.05, 4.69) is 10.6 Å². The lowest BCUT2D eigenvalue weighted by atomic mass is 9.83. The van der Waals surface area contributed by atoms with E-state index in [1.165, 1.54) is 6.08 Å². The molecule has 0 saturated heterocycles. The number of aliphatic hydroxyl groups is 1. The molecule has 0 heterocycles. The van der Waals surface area contributed by atoms with Crippen LogP contribution < -0.4 is 10.6 Å². The Bertz CT molecular complexity index is 952. The maximum absolute atomic E-state index is 13.4. The smallest absolute Gasteiger partial charge is 0.417 e. The van der Waals surface area contributed by atoms with Gasteiger partial charge < -0.3 is 20.5 Å². The first-order chi connectivity index (χ1) is 17.6. The topological polar surface area (TPSA) is 105 Å². The van der Waals surface area contributed by atoms with E-state index in [1.807, 2.05) is 13.0 Å². The lowest BCUT2D eigenvalue weighted by Gasteiger charge is -2.32. The average molecular weight is 527 g/mol. The number of halogens is 3. The summed E-state index contributed by atoms with van der Waals surface area (Å²) in [5, 5.41) is 16.1. The number of carbonyl (C=O) groups is 3. The first-order valence-corrected chi connectivity index (χ1v) is 12.8. The van der Waals surface area contributed by atoms with Crippen LogP contribution in [0.2, 0.25) is 0 Å². The molecule has 0 aromatic heterocycles. The minimum atomic E-state index is -4.78. The van der Waals surface area contributed by atoms with Crippen molar-refractivity contribution in [2.24, 2.45) is 0 Å². The molecule has 2 aliphatic carbocycles. The number of unbranched alkanes of at least 4 members (excludes halogenated alkanes) is 1. The average Bonchev–Trinajstić information content (AvgIpc) is 2.86. The largest absolute Gasteiger partial charge is 0.507 e. The second-order valence-corrected chi connectivity index (χ2v) is 9.38. The van der Waals surface area contributed by atoms with Gasteiger partial charge in [0.05, 0.1) is 11.7 Å². The van der Waals surface area contributed by atoms with Crippen LogP contribution in [-0.4, -0.2) is 54.7 Å². The molecule has 2 atom stereocenters. The molecule has 0 fully saturated rings. The number of allylic oxidation sites excluding steroid dienone is 3. The first kappa shape index (κ1) is 30.3. The van der Waals surface area contributed by atoms with E-state index in [0.29, 0.717) is 50.3 Å². The van der Waals surface area contributed by atoms with E-state index in [1.54, 1.807) is 6.92 Å². The molecule has 3 N–H and O–H groups in total. The summed E-state index contributed by atoms with van der Waals surface area (Å²) in [6, 6.07) is 0. The zero-order valence-corrected chi connectivity index (χ0v) is 21.5. The monoisotopic (exact) mass is 526 g/mol. The van der Waals surface area contributed by atoms with Crippen LogP contribution in [0.5, 0.6) is 0 Å². The number of ether oxygens (including phenoxy) is 1. The summed E-state index contributed by atoms with van der Waals surface area (Å²) in [5.41, 5.74) is -1.38. The fourth-order valence-electron chi connectivity index (χ4n) is 4.69. The van der Waals surface area contributed by atoms with Crippen molar-refractivity contribution in [1.29, 1.82) is 0 Å². The molecule has 0 aromatic carbocycles. The van der Waals surface area contributed by atoms with Crippen molar-refractivity contribution in [3.8, 4) is 0 Å². The molecule has 0 saturated carbocycles. The Morgan fingerprint density at radius 1 is 1.22 bits per heavy atom. The summed E-state index contributed by atoms with van der Waals surface area (Å²) in [5.74, 6) is -0.768. The lowest BCUT2D eigenvalue weighted by molar-refractivity contribution is -0.128. The van der Waals surface area contributed by atoms with Gasteiger partial charge in [-0.15, -0.1) is 0 Å². The van der Waals surface area contributed by atoms with Crippen LogP contribution in [0.15, 0.2) is 46.3 Å². The Labute approximate surface area is 215 Å². The van der Waals surface area contributed by atoms with Crippen molar-refractivity contribution in [3.05, 3.63) is 46.3 Å². The van der Waals surface area contributed by atoms with E-state index in [9.17, 15) is 32.7 Å². The van der Waals surface area contributed by atoms with E-state index < -0.39 is 34.7 Å². The van der Waals surface area contributed by atoms with Crippen molar-refractivity contribution in [3.63, 3.8) is 0 Å². The van der Waals surface area contributed by atoms with Gasteiger partial charge in [-0.05, 0) is 69.9 Å². The number of nitrogens with one attached hydrogen (secondary N) is 2. The van der Waals surface area contributed by atoms with E-state index in [4.69, 9.17) is 4.74 Å². The third kappa shape index (κ3) is 8.05. The summed E-state index contributed by atoms with van der Waals surface area (Å²) in [7, 11) is 0. The van der Waals surface area contributed by atoms with Crippen LogP contribution >= 0.6 is 0 Å². The first-order valence-electron chi connectivity index (χ1n) is 12.8. The summed E-state index contributed by atoms with van der Waals surface area (Å²) in [4.78, 5) is 34.7. The van der Waals surface area contributed by atoms with Crippen LogP contribution in [0.3, 0.4) is 0 Å². The molecule has 37 heavy (non-hydrogen) atoms. The zero-order chi connectivity index (χ0) is 27.5. The van der Waals surface area contributed by atoms with Gasteiger partial charge in [0.2, 0.25) is 12.3 Å². The van der Waals surface area contributed by atoms with Crippen LogP contribution in [0.25, 0.3) is 0 Å². The maximum Gasteiger partial charge on any atom is 0.417 e. The second-order valence-electron chi connectivity index (χ2n) is 9.38. The number of alkyl halides is 3. The zero-order valence-electron chi connectivity index (χ0n) is 21.5. The van der Waals surface area contributed by atoms with Crippen LogP contribution in [0, 0.1) is 0 Å². The predicted octanol–water partition coefficient (Wildman–Crippen LogP) is 4.90. The van der Waals surface area contributed by atoms with Gasteiger partial charge in [-0.2, -0.15) is 13.2 Å². The van der Waals surface area contributed by atoms with Crippen LogP contribution in [0.1, 0.15) is 71.6 Å². The molecule has 0 spiro atoms. The minimum Gasteiger partial charge on any atom is -0.507 e. The molecule has 2 amide bonds. The summed E-state index contributed by atoms with van der Waals surface area (Å²) >= 11 is 0. The van der Waals surface area contributed by atoms with Gasteiger partial charge in [0.1, 0.15) is 17.6 Å². The molecular formula is C27H37F3N2O5. The van der Waals surface area contributed by atoms with Gasteiger partial charge in [0, 0.05) is 24.3 Å². The molecule has 2 aliphatic rings. The number of carbonyl (C=O) groups excluding carboxylic acids is 3. The van der Waals surface area contributed by atoms with E-state index >= 15 is 0 Å². The van der Waals surface area contributed by atoms with Crippen molar-refractivity contribution < 1.29 is 37.4 Å². The van der Waals surface area contributed by atoms with E-state index in [0.717, 1.165) is 31.3 Å². The quantitative estimate of drug-likeness (QED) is 0.129. The maximum atomic E-state index is 13.4. The van der Waals surface area contributed by atoms with Gasteiger partial charge in [-0.25, -0.2) is 0 Å². The molecule has 206 valence electrons. The number of hydrogen-bond acceptors (Lipinski definition) is 5. The highest BCUT2D eigenvalue weighted by Crippen LogP contribution is 2.39. The molecule has 2 unspecified atom stereocenters. The Morgan fingerprint density at radius 3 is 2.57 bits per heavy atom.